The van der Waals surface area contributed by atoms with E-state index in [1.165, 1.54) is 0 Å². The second-order valence-corrected chi connectivity index (χ2v) is 11.0. The van der Waals surface area contributed by atoms with Gasteiger partial charge in [-0.3, -0.25) is 9.98 Å². The van der Waals surface area contributed by atoms with Gasteiger partial charge >= 0.3 is 0 Å². The van der Waals surface area contributed by atoms with Crippen LogP contribution in [0.4, 0.5) is 11.4 Å². The van der Waals surface area contributed by atoms with Crippen LogP contribution in [0.1, 0.15) is 73.9 Å². The van der Waals surface area contributed by atoms with Crippen molar-refractivity contribution in [3.8, 4) is 11.5 Å². The van der Waals surface area contributed by atoms with Gasteiger partial charge in [-0.05, 0) is 62.1 Å². The lowest BCUT2D eigenvalue weighted by atomic mass is 9.91. The number of hydrogen-bond donors (Lipinski definition) is 4. The van der Waals surface area contributed by atoms with Crippen LogP contribution in [0.15, 0.2) is 107 Å². The van der Waals surface area contributed by atoms with Crippen LogP contribution in [0, 0.1) is 0 Å². The van der Waals surface area contributed by atoms with Gasteiger partial charge in [-0.25, -0.2) is 0 Å². The van der Waals surface area contributed by atoms with E-state index in [0.717, 1.165) is 36.8 Å². The highest BCUT2D eigenvalue weighted by Gasteiger charge is 2.23. The smallest absolute Gasteiger partial charge is 0.147 e. The average molecular weight is 561 g/mol. The van der Waals surface area contributed by atoms with Crippen molar-refractivity contribution in [1.29, 1.82) is 0 Å². The van der Waals surface area contributed by atoms with E-state index in [1.54, 1.807) is 12.4 Å². The molecule has 0 heterocycles. The highest BCUT2D eigenvalue weighted by molar-refractivity contribution is 5.88. The zero-order valence-corrected chi connectivity index (χ0v) is 24.3. The van der Waals surface area contributed by atoms with Crippen molar-refractivity contribution in [1.82, 2.24) is 0 Å². The van der Waals surface area contributed by atoms with Gasteiger partial charge in [0, 0.05) is 35.6 Å². The van der Waals surface area contributed by atoms with E-state index in [4.69, 9.17) is 9.98 Å². The number of phenolic OH excluding ortho intramolecular Hbond substituents is 2. The Bertz CT molecular complexity index is 1390. The third-order valence-electron chi connectivity index (χ3n) is 7.98. The Hall–Kier alpha value is -4.58. The fourth-order valence-electron chi connectivity index (χ4n) is 5.47. The lowest BCUT2D eigenvalue weighted by Crippen LogP contribution is -2.27. The largest absolute Gasteiger partial charge is 0.505 e. The van der Waals surface area contributed by atoms with Crippen molar-refractivity contribution in [2.24, 2.45) is 9.98 Å². The summed E-state index contributed by atoms with van der Waals surface area (Å²) in [6.45, 7) is 4.15. The van der Waals surface area contributed by atoms with Crippen molar-refractivity contribution < 1.29 is 10.2 Å². The third-order valence-corrected chi connectivity index (χ3v) is 7.98. The molecule has 0 radical (unpaired) electrons. The summed E-state index contributed by atoms with van der Waals surface area (Å²) in [6, 6.07) is 31.8. The lowest BCUT2D eigenvalue weighted by molar-refractivity contribution is 0.390. The summed E-state index contributed by atoms with van der Waals surface area (Å²) in [5.41, 5.74) is 5.02. The normalized spacial score (nSPS) is 18.6. The Morgan fingerprint density at radius 1 is 0.595 bits per heavy atom. The summed E-state index contributed by atoms with van der Waals surface area (Å²) in [6.07, 6.45) is 7.61. The number of phenols is 2. The standard InChI is InChI=1S/C36H40N4O2/c1-25(27-13-5-3-6-14-27)39-33-21-11-17-29(35(33)41)23-37-31-19-9-10-20-32(31)38-24-30-18-12-22-34(36(30)42)40-26(2)28-15-7-4-8-16-28/h3-8,11-18,21-26,31-32,39-42H,9-10,19-20H2,1-2H3/t25-,26-,31+,32+/m1/s1. The Morgan fingerprint density at radius 2 is 1.00 bits per heavy atom. The van der Waals surface area contributed by atoms with Gasteiger partial charge in [0.05, 0.1) is 23.5 Å². The van der Waals surface area contributed by atoms with Crippen LogP contribution in [0.25, 0.3) is 0 Å². The van der Waals surface area contributed by atoms with Crippen LogP contribution in [0.3, 0.4) is 0 Å². The van der Waals surface area contributed by atoms with Crippen LogP contribution in [0.5, 0.6) is 11.5 Å². The van der Waals surface area contributed by atoms with E-state index in [9.17, 15) is 10.2 Å². The number of aromatic hydroxyl groups is 2. The molecule has 1 saturated carbocycles. The first kappa shape index (κ1) is 28.9. The molecule has 0 amide bonds. The molecule has 5 rings (SSSR count). The number of anilines is 2. The summed E-state index contributed by atoms with van der Waals surface area (Å²) < 4.78 is 0. The molecule has 42 heavy (non-hydrogen) atoms. The molecule has 0 aromatic heterocycles. The van der Waals surface area contributed by atoms with E-state index >= 15 is 0 Å². The van der Waals surface area contributed by atoms with E-state index in [0.29, 0.717) is 22.5 Å². The third kappa shape index (κ3) is 7.19. The minimum Gasteiger partial charge on any atom is -0.505 e. The highest BCUT2D eigenvalue weighted by atomic mass is 16.3. The zero-order valence-electron chi connectivity index (χ0n) is 24.3. The molecule has 1 aliphatic rings. The first-order valence-electron chi connectivity index (χ1n) is 14.8. The molecule has 4 aromatic rings. The molecule has 6 heteroatoms. The Kier molecular flexibility index (Phi) is 9.55. The minimum atomic E-state index is 0.0100. The number of nitrogens with one attached hydrogen (secondary N) is 2. The van der Waals surface area contributed by atoms with Gasteiger partial charge in [-0.15, -0.1) is 0 Å². The number of aliphatic imine (C=N–C) groups is 2. The molecule has 0 spiro atoms. The van der Waals surface area contributed by atoms with Gasteiger partial charge < -0.3 is 20.8 Å². The Labute approximate surface area is 248 Å². The van der Waals surface area contributed by atoms with Crippen molar-refractivity contribution in [2.75, 3.05) is 10.6 Å². The lowest BCUT2D eigenvalue weighted by Gasteiger charge is -2.25. The van der Waals surface area contributed by atoms with Crippen molar-refractivity contribution in [2.45, 2.75) is 63.7 Å². The summed E-state index contributed by atoms with van der Waals surface area (Å²) >= 11 is 0. The van der Waals surface area contributed by atoms with Crippen LogP contribution in [-0.4, -0.2) is 34.7 Å². The van der Waals surface area contributed by atoms with E-state index in [2.05, 4.69) is 48.7 Å². The molecule has 0 unspecified atom stereocenters. The van der Waals surface area contributed by atoms with E-state index < -0.39 is 0 Å². The molecule has 1 fully saturated rings. The number of rotatable bonds is 10. The maximum atomic E-state index is 11.0. The van der Waals surface area contributed by atoms with Gasteiger partial charge in [-0.1, -0.05) is 85.6 Å². The van der Waals surface area contributed by atoms with E-state index in [-0.39, 0.29) is 35.7 Å². The highest BCUT2D eigenvalue weighted by Crippen LogP contribution is 2.32. The van der Waals surface area contributed by atoms with Gasteiger partial charge in [0.25, 0.3) is 0 Å². The number of benzene rings is 4. The fourth-order valence-corrected chi connectivity index (χ4v) is 5.47. The first-order chi connectivity index (χ1) is 20.5. The zero-order chi connectivity index (χ0) is 29.3. The molecule has 216 valence electrons. The second-order valence-electron chi connectivity index (χ2n) is 11.0. The van der Waals surface area contributed by atoms with Crippen molar-refractivity contribution >= 4 is 23.8 Å². The summed E-state index contributed by atoms with van der Waals surface area (Å²) in [7, 11) is 0. The number of para-hydroxylation sites is 2. The molecule has 0 aliphatic heterocycles. The maximum absolute atomic E-state index is 11.0. The predicted molar refractivity (Wildman–Crippen MR) is 174 cm³/mol. The number of hydrogen-bond acceptors (Lipinski definition) is 6. The molecule has 4 atom stereocenters. The quantitative estimate of drug-likeness (QED) is 0.116. The van der Waals surface area contributed by atoms with Gasteiger partial charge in [0.1, 0.15) is 11.5 Å². The van der Waals surface area contributed by atoms with Crippen molar-refractivity contribution in [3.63, 3.8) is 0 Å². The Morgan fingerprint density at radius 3 is 1.40 bits per heavy atom. The van der Waals surface area contributed by atoms with Crippen LogP contribution >= 0.6 is 0 Å². The minimum absolute atomic E-state index is 0.0100. The molecule has 1 aliphatic carbocycles. The predicted octanol–water partition coefficient (Wildman–Crippen LogP) is 8.29. The topological polar surface area (TPSA) is 89.2 Å². The summed E-state index contributed by atoms with van der Waals surface area (Å²) in [5.74, 6) is 0.387. The molecular formula is C36H40N4O2. The fraction of sp³-hybridized carbons (Fsp3) is 0.278. The molecule has 0 bridgehead atoms. The summed E-state index contributed by atoms with van der Waals surface area (Å²) in [5, 5.41) is 28.9. The van der Waals surface area contributed by atoms with Gasteiger partial charge in [0.2, 0.25) is 0 Å². The monoisotopic (exact) mass is 560 g/mol. The molecule has 0 saturated heterocycles. The molecule has 6 nitrogen and oxygen atoms in total. The molecular weight excluding hydrogens is 520 g/mol. The van der Waals surface area contributed by atoms with Crippen LogP contribution in [-0.2, 0) is 0 Å². The SMILES string of the molecule is C[C@@H](Nc1cccc(C=N[C@H]2CCCC[C@@H]2N=Cc2cccc(N[C@H](C)c3ccccc3)c2O)c1O)c1ccccc1. The maximum Gasteiger partial charge on any atom is 0.147 e. The van der Waals surface area contributed by atoms with Crippen LogP contribution in [0.2, 0.25) is 0 Å². The second kappa shape index (κ2) is 13.9. The van der Waals surface area contributed by atoms with Crippen LogP contribution < -0.4 is 10.6 Å². The van der Waals surface area contributed by atoms with E-state index in [1.807, 2.05) is 72.8 Å². The number of nitrogens with zero attached hydrogens (tertiary/aromatic N) is 2. The van der Waals surface area contributed by atoms with Gasteiger partial charge in [-0.2, -0.15) is 0 Å². The molecule has 4 aromatic carbocycles. The average Bonchev–Trinajstić information content (AvgIpc) is 3.03. The Balaban J connectivity index is 1.27. The summed E-state index contributed by atoms with van der Waals surface area (Å²) in [4.78, 5) is 9.80. The molecule has 4 N–H and O–H groups in total. The first-order valence-corrected chi connectivity index (χ1v) is 14.8. The van der Waals surface area contributed by atoms with Gasteiger partial charge in [0.15, 0.2) is 0 Å². The van der Waals surface area contributed by atoms with Crippen molar-refractivity contribution in [3.05, 3.63) is 119 Å².